The molecule has 0 amide bonds. The number of ether oxygens (including phenoxy) is 2. The predicted molar refractivity (Wildman–Crippen MR) is 75.0 cm³/mol. The maximum Gasteiger partial charge on any atom is 0.124 e. The van der Waals surface area contributed by atoms with Gasteiger partial charge in [-0.15, -0.1) is 0 Å². The zero-order valence-electron chi connectivity index (χ0n) is 11.7. The Morgan fingerprint density at radius 2 is 2.00 bits per heavy atom. The summed E-state index contributed by atoms with van der Waals surface area (Å²) in [5, 5.41) is 0. The second-order valence-electron chi connectivity index (χ2n) is 4.64. The summed E-state index contributed by atoms with van der Waals surface area (Å²) in [6, 6.07) is 6.10. The minimum atomic E-state index is -0.0130. The van der Waals surface area contributed by atoms with Gasteiger partial charge in [0.25, 0.3) is 0 Å². The molecule has 0 unspecified atom stereocenters. The monoisotopic (exact) mass is 251 g/mol. The quantitative estimate of drug-likeness (QED) is 0.722. The standard InChI is InChI=1S/C15H25NO2/c1-4-5-8-17-9-10-18-15-7-6-12(2)11-14(15)13(3)16/h6-7,11,13H,4-5,8-10,16H2,1-3H3/t13-/m0/s1. The van der Waals surface area contributed by atoms with Crippen molar-refractivity contribution < 1.29 is 9.47 Å². The van der Waals surface area contributed by atoms with Crippen LogP contribution in [-0.2, 0) is 4.74 Å². The number of nitrogens with two attached hydrogens (primary N) is 1. The first-order valence-corrected chi connectivity index (χ1v) is 6.71. The molecule has 102 valence electrons. The van der Waals surface area contributed by atoms with Crippen LogP contribution in [0.15, 0.2) is 18.2 Å². The lowest BCUT2D eigenvalue weighted by Crippen LogP contribution is -2.12. The van der Waals surface area contributed by atoms with Crippen LogP contribution in [0.2, 0.25) is 0 Å². The zero-order chi connectivity index (χ0) is 13.4. The van der Waals surface area contributed by atoms with Gasteiger partial charge in [-0.05, 0) is 26.3 Å². The van der Waals surface area contributed by atoms with Gasteiger partial charge in [-0.2, -0.15) is 0 Å². The van der Waals surface area contributed by atoms with E-state index in [-0.39, 0.29) is 6.04 Å². The Bertz CT molecular complexity index is 350. The fourth-order valence-electron chi connectivity index (χ4n) is 1.71. The third-order valence-corrected chi connectivity index (χ3v) is 2.78. The lowest BCUT2D eigenvalue weighted by atomic mass is 10.1. The Labute approximate surface area is 110 Å². The molecule has 1 aromatic rings. The molecular formula is C15H25NO2. The van der Waals surface area contributed by atoms with E-state index in [1.165, 1.54) is 5.56 Å². The SMILES string of the molecule is CCCCOCCOc1ccc(C)cc1[C@H](C)N. The van der Waals surface area contributed by atoms with Crippen LogP contribution in [0.25, 0.3) is 0 Å². The molecule has 0 fully saturated rings. The summed E-state index contributed by atoms with van der Waals surface area (Å²) < 4.78 is 11.2. The van der Waals surface area contributed by atoms with Gasteiger partial charge in [0.05, 0.1) is 6.61 Å². The number of aryl methyl sites for hydroxylation is 1. The average Bonchev–Trinajstić information content (AvgIpc) is 2.35. The minimum absolute atomic E-state index is 0.0130. The molecule has 3 nitrogen and oxygen atoms in total. The van der Waals surface area contributed by atoms with Gasteiger partial charge in [-0.25, -0.2) is 0 Å². The van der Waals surface area contributed by atoms with Crippen LogP contribution >= 0.6 is 0 Å². The lowest BCUT2D eigenvalue weighted by Gasteiger charge is -2.15. The van der Waals surface area contributed by atoms with Crippen molar-refractivity contribution in [1.82, 2.24) is 0 Å². The van der Waals surface area contributed by atoms with Gasteiger partial charge in [-0.3, -0.25) is 0 Å². The van der Waals surface area contributed by atoms with Gasteiger partial charge in [0.15, 0.2) is 0 Å². The van der Waals surface area contributed by atoms with Crippen molar-refractivity contribution in [2.75, 3.05) is 19.8 Å². The van der Waals surface area contributed by atoms with E-state index in [0.717, 1.165) is 30.8 Å². The summed E-state index contributed by atoms with van der Waals surface area (Å²) in [5.41, 5.74) is 8.20. The van der Waals surface area contributed by atoms with Gasteiger partial charge in [0, 0.05) is 18.2 Å². The van der Waals surface area contributed by atoms with E-state index in [4.69, 9.17) is 15.2 Å². The highest BCUT2D eigenvalue weighted by Crippen LogP contribution is 2.24. The van der Waals surface area contributed by atoms with E-state index in [2.05, 4.69) is 19.9 Å². The van der Waals surface area contributed by atoms with Crippen molar-refractivity contribution in [2.45, 2.75) is 39.7 Å². The highest BCUT2D eigenvalue weighted by atomic mass is 16.5. The largest absolute Gasteiger partial charge is 0.491 e. The number of hydrogen-bond donors (Lipinski definition) is 1. The van der Waals surface area contributed by atoms with E-state index < -0.39 is 0 Å². The highest BCUT2D eigenvalue weighted by molar-refractivity contribution is 5.38. The van der Waals surface area contributed by atoms with Gasteiger partial charge in [-0.1, -0.05) is 31.0 Å². The second-order valence-corrected chi connectivity index (χ2v) is 4.64. The smallest absolute Gasteiger partial charge is 0.124 e. The molecule has 0 saturated heterocycles. The van der Waals surface area contributed by atoms with E-state index in [1.807, 2.05) is 19.1 Å². The molecular weight excluding hydrogens is 226 g/mol. The van der Waals surface area contributed by atoms with E-state index in [1.54, 1.807) is 0 Å². The molecule has 18 heavy (non-hydrogen) atoms. The zero-order valence-corrected chi connectivity index (χ0v) is 11.7. The fraction of sp³-hybridized carbons (Fsp3) is 0.600. The van der Waals surface area contributed by atoms with Crippen molar-refractivity contribution in [2.24, 2.45) is 5.73 Å². The molecule has 0 aliphatic rings. The first kappa shape index (κ1) is 15.0. The third kappa shape index (κ3) is 5.07. The molecule has 0 aromatic heterocycles. The molecule has 3 heteroatoms. The molecule has 0 bridgehead atoms. The molecule has 1 aromatic carbocycles. The molecule has 0 saturated carbocycles. The minimum Gasteiger partial charge on any atom is -0.491 e. The van der Waals surface area contributed by atoms with Crippen molar-refractivity contribution in [3.63, 3.8) is 0 Å². The molecule has 2 N–H and O–H groups in total. The fourth-order valence-corrected chi connectivity index (χ4v) is 1.71. The summed E-state index contributed by atoms with van der Waals surface area (Å²) in [7, 11) is 0. The van der Waals surface area contributed by atoms with E-state index >= 15 is 0 Å². The summed E-state index contributed by atoms with van der Waals surface area (Å²) >= 11 is 0. The summed E-state index contributed by atoms with van der Waals surface area (Å²) in [6.45, 7) is 8.21. The Morgan fingerprint density at radius 1 is 1.22 bits per heavy atom. The Morgan fingerprint density at radius 3 is 2.67 bits per heavy atom. The van der Waals surface area contributed by atoms with Crippen LogP contribution in [0.4, 0.5) is 0 Å². The molecule has 0 aliphatic heterocycles. The van der Waals surface area contributed by atoms with Gasteiger partial charge >= 0.3 is 0 Å². The van der Waals surface area contributed by atoms with Gasteiger partial charge < -0.3 is 15.2 Å². The second kappa shape index (κ2) is 8.11. The van der Waals surface area contributed by atoms with Crippen molar-refractivity contribution in [1.29, 1.82) is 0 Å². The molecule has 0 heterocycles. The molecule has 0 aliphatic carbocycles. The van der Waals surface area contributed by atoms with Gasteiger partial charge in [0.2, 0.25) is 0 Å². The average molecular weight is 251 g/mol. The maximum absolute atomic E-state index is 5.94. The van der Waals surface area contributed by atoms with E-state index in [9.17, 15) is 0 Å². The highest BCUT2D eigenvalue weighted by Gasteiger charge is 2.08. The summed E-state index contributed by atoms with van der Waals surface area (Å²) in [6.07, 6.45) is 2.27. The predicted octanol–water partition coefficient (Wildman–Crippen LogP) is 3.21. The van der Waals surface area contributed by atoms with Crippen LogP contribution in [-0.4, -0.2) is 19.8 Å². The Balaban J connectivity index is 2.42. The summed E-state index contributed by atoms with van der Waals surface area (Å²) in [5.74, 6) is 0.870. The molecule has 0 radical (unpaired) electrons. The Hall–Kier alpha value is -1.06. The van der Waals surface area contributed by atoms with Crippen LogP contribution in [0, 0.1) is 6.92 Å². The first-order chi connectivity index (χ1) is 8.65. The first-order valence-electron chi connectivity index (χ1n) is 6.71. The van der Waals surface area contributed by atoms with Crippen molar-refractivity contribution in [3.05, 3.63) is 29.3 Å². The van der Waals surface area contributed by atoms with Crippen LogP contribution in [0.5, 0.6) is 5.75 Å². The van der Waals surface area contributed by atoms with Crippen LogP contribution in [0.1, 0.15) is 43.9 Å². The van der Waals surface area contributed by atoms with Crippen molar-refractivity contribution >= 4 is 0 Å². The van der Waals surface area contributed by atoms with Crippen molar-refractivity contribution in [3.8, 4) is 5.75 Å². The van der Waals surface area contributed by atoms with Crippen LogP contribution in [0.3, 0.4) is 0 Å². The van der Waals surface area contributed by atoms with Crippen LogP contribution < -0.4 is 10.5 Å². The maximum atomic E-state index is 5.94. The number of rotatable bonds is 8. The van der Waals surface area contributed by atoms with E-state index in [0.29, 0.717) is 13.2 Å². The molecule has 1 rings (SSSR count). The third-order valence-electron chi connectivity index (χ3n) is 2.78. The normalized spacial score (nSPS) is 12.4. The number of unbranched alkanes of at least 4 members (excludes halogenated alkanes) is 1. The molecule has 0 spiro atoms. The molecule has 1 atom stereocenters. The topological polar surface area (TPSA) is 44.5 Å². The number of hydrogen-bond acceptors (Lipinski definition) is 3. The number of benzene rings is 1. The summed E-state index contributed by atoms with van der Waals surface area (Å²) in [4.78, 5) is 0. The Kier molecular flexibility index (Phi) is 6.76. The van der Waals surface area contributed by atoms with Gasteiger partial charge in [0.1, 0.15) is 12.4 Å². The lowest BCUT2D eigenvalue weighted by molar-refractivity contribution is 0.0976.